The van der Waals surface area contributed by atoms with Gasteiger partial charge in [0.15, 0.2) is 0 Å². The average Bonchev–Trinajstić information content (AvgIpc) is 2.35. The highest BCUT2D eigenvalue weighted by Gasteiger charge is 2.12. The van der Waals surface area contributed by atoms with E-state index in [1.807, 2.05) is 13.8 Å². The number of carbonyl (C=O) groups excluding carboxylic acids is 2. The topological polar surface area (TPSA) is 87.7 Å². The smallest absolute Gasteiger partial charge is 0.341 e. The normalized spacial score (nSPS) is 9.80. The summed E-state index contributed by atoms with van der Waals surface area (Å²) in [6.45, 7) is 4.05. The van der Waals surface area contributed by atoms with Gasteiger partial charge in [0.2, 0.25) is 5.91 Å². The van der Waals surface area contributed by atoms with Crippen LogP contribution in [0.15, 0.2) is 18.2 Å². The molecule has 0 aliphatic carbocycles. The Morgan fingerprint density at radius 2 is 2.00 bits per heavy atom. The maximum atomic E-state index is 11.6. The number of carbonyl (C=O) groups is 2. The van der Waals surface area contributed by atoms with Gasteiger partial charge in [0, 0.05) is 17.8 Å². The van der Waals surface area contributed by atoms with Gasteiger partial charge in [0.1, 0.15) is 11.3 Å². The van der Waals surface area contributed by atoms with Gasteiger partial charge in [-0.15, -0.1) is 12.4 Å². The first-order chi connectivity index (χ1) is 8.93. The van der Waals surface area contributed by atoms with Crippen molar-refractivity contribution in [3.63, 3.8) is 0 Å². The molecule has 0 aliphatic heterocycles. The Bertz CT molecular complexity index is 477. The van der Waals surface area contributed by atoms with E-state index in [1.54, 1.807) is 0 Å². The molecule has 0 atom stereocenters. The first kappa shape index (κ1) is 18.2. The average molecular weight is 303 g/mol. The number of rotatable bonds is 5. The second-order valence-corrected chi connectivity index (χ2v) is 4.31. The van der Waals surface area contributed by atoms with Crippen LogP contribution in [0.4, 0.5) is 5.69 Å². The molecule has 1 rings (SSSR count). The third-order valence-corrected chi connectivity index (χ3v) is 2.36. The number of phenolic OH excluding ortho intramolecular Hbond substituents is 1. The maximum Gasteiger partial charge on any atom is 0.341 e. The predicted octanol–water partition coefficient (Wildman–Crippen LogP) is 1.54. The Kier molecular flexibility index (Phi) is 7.64. The van der Waals surface area contributed by atoms with Gasteiger partial charge in [-0.05, 0) is 12.1 Å². The fraction of sp³-hybridized carbons (Fsp3) is 0.385. The number of hydrogen-bond acceptors (Lipinski definition) is 5. The second kappa shape index (κ2) is 8.39. The van der Waals surface area contributed by atoms with Crippen molar-refractivity contribution < 1.29 is 19.4 Å². The number of esters is 1. The number of anilines is 1. The van der Waals surface area contributed by atoms with Crippen LogP contribution in [0.25, 0.3) is 0 Å². The minimum Gasteiger partial charge on any atom is -0.507 e. The molecule has 0 heterocycles. The van der Waals surface area contributed by atoms with E-state index >= 15 is 0 Å². The zero-order chi connectivity index (χ0) is 14.4. The molecule has 6 nitrogen and oxygen atoms in total. The summed E-state index contributed by atoms with van der Waals surface area (Å²) < 4.78 is 4.51. The molecule has 0 bridgehead atoms. The molecule has 3 N–H and O–H groups in total. The molecule has 0 saturated carbocycles. The summed E-state index contributed by atoms with van der Waals surface area (Å²) >= 11 is 0. The van der Waals surface area contributed by atoms with E-state index in [4.69, 9.17) is 0 Å². The highest BCUT2D eigenvalue weighted by Crippen LogP contribution is 2.22. The van der Waals surface area contributed by atoms with Crippen molar-refractivity contribution in [2.24, 2.45) is 0 Å². The molecule has 0 spiro atoms. The van der Waals surface area contributed by atoms with Crippen LogP contribution in [0.3, 0.4) is 0 Å². The third kappa shape index (κ3) is 5.46. The second-order valence-electron chi connectivity index (χ2n) is 4.31. The molecule has 20 heavy (non-hydrogen) atoms. The summed E-state index contributed by atoms with van der Waals surface area (Å²) in [5.74, 6) is -1.09. The molecule has 1 amide bonds. The Morgan fingerprint density at radius 1 is 1.35 bits per heavy atom. The lowest BCUT2D eigenvalue weighted by atomic mass is 10.2. The van der Waals surface area contributed by atoms with Crippen LogP contribution in [0.2, 0.25) is 0 Å². The molecule has 1 aromatic carbocycles. The van der Waals surface area contributed by atoms with Crippen LogP contribution in [-0.2, 0) is 9.53 Å². The van der Waals surface area contributed by atoms with Gasteiger partial charge in [0.25, 0.3) is 0 Å². The number of benzene rings is 1. The summed E-state index contributed by atoms with van der Waals surface area (Å²) in [7, 11) is 1.23. The van der Waals surface area contributed by atoms with Gasteiger partial charge in [0.05, 0.1) is 13.7 Å². The van der Waals surface area contributed by atoms with E-state index in [-0.39, 0.29) is 42.2 Å². The maximum absolute atomic E-state index is 11.6. The SMILES string of the molecule is COC(=O)c1ccc(NC(=O)CNC(C)C)cc1O.Cl. The summed E-state index contributed by atoms with van der Waals surface area (Å²) in [5.41, 5.74) is 0.474. The minimum absolute atomic E-state index is 0. The van der Waals surface area contributed by atoms with Gasteiger partial charge in [-0.25, -0.2) is 4.79 Å². The first-order valence-electron chi connectivity index (χ1n) is 5.88. The van der Waals surface area contributed by atoms with E-state index in [9.17, 15) is 14.7 Å². The molecule has 0 radical (unpaired) electrons. The fourth-order valence-corrected chi connectivity index (χ4v) is 1.39. The van der Waals surface area contributed by atoms with Crippen LogP contribution >= 0.6 is 12.4 Å². The van der Waals surface area contributed by atoms with Crippen LogP contribution in [-0.4, -0.2) is 36.7 Å². The van der Waals surface area contributed by atoms with Crippen LogP contribution in [0.5, 0.6) is 5.75 Å². The van der Waals surface area contributed by atoms with E-state index in [2.05, 4.69) is 15.4 Å². The number of halogens is 1. The van der Waals surface area contributed by atoms with Crippen molar-refractivity contribution in [1.29, 1.82) is 0 Å². The minimum atomic E-state index is -0.628. The fourth-order valence-electron chi connectivity index (χ4n) is 1.39. The first-order valence-corrected chi connectivity index (χ1v) is 5.88. The van der Waals surface area contributed by atoms with Crippen LogP contribution in [0, 0.1) is 0 Å². The van der Waals surface area contributed by atoms with Gasteiger partial charge < -0.3 is 20.5 Å². The highest BCUT2D eigenvalue weighted by atomic mass is 35.5. The van der Waals surface area contributed by atoms with Crippen molar-refractivity contribution in [2.45, 2.75) is 19.9 Å². The Labute approximate surface area is 123 Å². The lowest BCUT2D eigenvalue weighted by Gasteiger charge is -2.10. The zero-order valence-corrected chi connectivity index (χ0v) is 12.4. The summed E-state index contributed by atoms with van der Waals surface area (Å²) in [6, 6.07) is 4.44. The Balaban J connectivity index is 0.00000361. The number of ether oxygens (including phenoxy) is 1. The predicted molar refractivity (Wildman–Crippen MR) is 78.5 cm³/mol. The van der Waals surface area contributed by atoms with E-state index in [1.165, 1.54) is 25.3 Å². The molecule has 0 fully saturated rings. The van der Waals surface area contributed by atoms with Crippen molar-refractivity contribution >= 4 is 30.0 Å². The number of aromatic hydroxyl groups is 1. The van der Waals surface area contributed by atoms with Crippen LogP contribution < -0.4 is 10.6 Å². The third-order valence-electron chi connectivity index (χ3n) is 2.36. The Hall–Kier alpha value is -1.79. The molecule has 0 saturated heterocycles. The Morgan fingerprint density at radius 3 is 2.50 bits per heavy atom. The van der Waals surface area contributed by atoms with Gasteiger partial charge in [-0.1, -0.05) is 13.8 Å². The number of hydrogen-bond donors (Lipinski definition) is 3. The van der Waals surface area contributed by atoms with Crippen molar-refractivity contribution in [3.8, 4) is 5.75 Å². The monoisotopic (exact) mass is 302 g/mol. The zero-order valence-electron chi connectivity index (χ0n) is 11.6. The number of amides is 1. The standard InChI is InChI=1S/C13H18N2O4.ClH/c1-8(2)14-7-12(17)15-9-4-5-10(11(16)6-9)13(18)19-3;/h4-6,8,14,16H,7H2,1-3H3,(H,15,17);1H. The van der Waals surface area contributed by atoms with Gasteiger partial charge in [-0.3, -0.25) is 4.79 Å². The molecular weight excluding hydrogens is 284 g/mol. The van der Waals surface area contributed by atoms with E-state index < -0.39 is 5.97 Å². The molecule has 0 aromatic heterocycles. The summed E-state index contributed by atoms with van der Waals surface area (Å²) in [4.78, 5) is 22.8. The summed E-state index contributed by atoms with van der Waals surface area (Å²) in [5, 5.41) is 15.2. The number of methoxy groups -OCH3 is 1. The van der Waals surface area contributed by atoms with Crippen molar-refractivity contribution in [1.82, 2.24) is 5.32 Å². The molecular formula is C13H19ClN2O4. The van der Waals surface area contributed by atoms with Crippen LogP contribution in [0.1, 0.15) is 24.2 Å². The lowest BCUT2D eigenvalue weighted by Crippen LogP contribution is -2.32. The van der Waals surface area contributed by atoms with E-state index in [0.717, 1.165) is 0 Å². The molecule has 0 aliphatic rings. The lowest BCUT2D eigenvalue weighted by molar-refractivity contribution is -0.115. The highest BCUT2D eigenvalue weighted by molar-refractivity contribution is 5.95. The quantitative estimate of drug-likeness (QED) is 0.718. The number of nitrogens with one attached hydrogen (secondary N) is 2. The van der Waals surface area contributed by atoms with Gasteiger partial charge in [-0.2, -0.15) is 0 Å². The van der Waals surface area contributed by atoms with Crippen molar-refractivity contribution in [3.05, 3.63) is 23.8 Å². The molecule has 0 unspecified atom stereocenters. The number of phenols is 1. The van der Waals surface area contributed by atoms with Gasteiger partial charge >= 0.3 is 5.97 Å². The molecule has 7 heteroatoms. The van der Waals surface area contributed by atoms with E-state index in [0.29, 0.717) is 5.69 Å². The molecule has 1 aromatic rings. The largest absolute Gasteiger partial charge is 0.507 e. The summed E-state index contributed by atoms with van der Waals surface area (Å²) in [6.07, 6.45) is 0. The molecule has 112 valence electrons. The van der Waals surface area contributed by atoms with Crippen molar-refractivity contribution in [2.75, 3.05) is 19.0 Å².